The molecule has 0 fully saturated rings. The first-order valence-electron chi connectivity index (χ1n) is 3.53. The highest BCUT2D eigenvalue weighted by Crippen LogP contribution is 2.18. The van der Waals surface area contributed by atoms with Crippen LogP contribution in [0.5, 0.6) is 0 Å². The largest absolute Gasteiger partial charge is 0.440 e. The number of hydrogen-bond donors (Lipinski definition) is 0. The Morgan fingerprint density at radius 2 is 2.33 bits per heavy atom. The molecule has 0 radical (unpaired) electrons. The molecule has 0 saturated heterocycles. The lowest BCUT2D eigenvalue weighted by atomic mass is 10.3. The van der Waals surface area contributed by atoms with E-state index in [9.17, 15) is 0 Å². The average molecular weight is 164 g/mol. The second-order valence-corrected chi connectivity index (χ2v) is 2.53. The number of rotatable bonds is 1. The molecule has 0 saturated carbocycles. The Morgan fingerprint density at radius 3 is 2.83 bits per heavy atom. The number of aryl methyl sites for hydroxylation is 2. The van der Waals surface area contributed by atoms with Crippen LogP contribution < -0.4 is 0 Å². The number of nitrogens with zero attached hydrogens (tertiary/aromatic N) is 4. The summed E-state index contributed by atoms with van der Waals surface area (Å²) in [5.74, 6) is 1.38. The normalized spacial score (nSPS) is 10.5. The number of aromatic nitrogens is 4. The molecular formula is C7H8N4O. The molecule has 2 aromatic rings. The Labute approximate surface area is 69.1 Å². The molecule has 2 aromatic heterocycles. The fourth-order valence-corrected chi connectivity index (χ4v) is 1.01. The highest BCUT2D eigenvalue weighted by molar-refractivity contribution is 5.48. The van der Waals surface area contributed by atoms with E-state index in [2.05, 4.69) is 15.2 Å². The first kappa shape index (κ1) is 7.02. The van der Waals surface area contributed by atoms with Crippen molar-refractivity contribution in [2.75, 3.05) is 0 Å². The second-order valence-electron chi connectivity index (χ2n) is 2.53. The summed E-state index contributed by atoms with van der Waals surface area (Å²) in [5, 5.41) is 7.64. The van der Waals surface area contributed by atoms with Gasteiger partial charge in [0.2, 0.25) is 5.82 Å². The van der Waals surface area contributed by atoms with Gasteiger partial charge in [0.15, 0.2) is 12.2 Å². The summed E-state index contributed by atoms with van der Waals surface area (Å²) in [4.78, 5) is 3.97. The van der Waals surface area contributed by atoms with Crippen LogP contribution in [-0.4, -0.2) is 19.7 Å². The van der Waals surface area contributed by atoms with Crippen molar-refractivity contribution in [1.82, 2.24) is 19.7 Å². The Morgan fingerprint density at radius 1 is 1.50 bits per heavy atom. The van der Waals surface area contributed by atoms with E-state index < -0.39 is 0 Å². The van der Waals surface area contributed by atoms with E-state index in [0.717, 1.165) is 5.69 Å². The fourth-order valence-electron chi connectivity index (χ4n) is 1.01. The van der Waals surface area contributed by atoms with Gasteiger partial charge in [-0.15, -0.1) is 10.2 Å². The second kappa shape index (κ2) is 2.44. The van der Waals surface area contributed by atoms with Crippen LogP contribution >= 0.6 is 0 Å². The molecule has 2 heterocycles. The molecule has 0 bridgehead atoms. The SMILES string of the molecule is Cc1ncoc1-c1nncn1C. The number of oxazole rings is 1. The zero-order valence-corrected chi connectivity index (χ0v) is 6.85. The molecule has 0 amide bonds. The van der Waals surface area contributed by atoms with Gasteiger partial charge >= 0.3 is 0 Å². The van der Waals surface area contributed by atoms with Crippen molar-refractivity contribution in [2.45, 2.75) is 6.92 Å². The van der Waals surface area contributed by atoms with Gasteiger partial charge in [0.05, 0.1) is 5.69 Å². The van der Waals surface area contributed by atoms with Gasteiger partial charge in [0.1, 0.15) is 6.33 Å². The quantitative estimate of drug-likeness (QED) is 0.624. The van der Waals surface area contributed by atoms with Crippen molar-refractivity contribution in [2.24, 2.45) is 7.05 Å². The predicted molar refractivity (Wildman–Crippen MR) is 41.2 cm³/mol. The maximum absolute atomic E-state index is 5.16. The third-order valence-electron chi connectivity index (χ3n) is 1.66. The Kier molecular flexibility index (Phi) is 1.43. The predicted octanol–water partition coefficient (Wildman–Crippen LogP) is 0.779. The first-order valence-corrected chi connectivity index (χ1v) is 3.53. The molecule has 0 atom stereocenters. The van der Waals surface area contributed by atoms with Crippen LogP contribution in [-0.2, 0) is 7.05 Å². The van der Waals surface area contributed by atoms with Gasteiger partial charge < -0.3 is 8.98 Å². The fraction of sp³-hybridized carbons (Fsp3) is 0.286. The summed E-state index contributed by atoms with van der Waals surface area (Å²) in [7, 11) is 1.86. The van der Waals surface area contributed by atoms with Gasteiger partial charge in [0.25, 0.3) is 0 Å². The van der Waals surface area contributed by atoms with Crippen LogP contribution in [0.15, 0.2) is 17.1 Å². The zero-order valence-electron chi connectivity index (χ0n) is 6.85. The summed E-state index contributed by atoms with van der Waals surface area (Å²) in [6, 6.07) is 0. The minimum Gasteiger partial charge on any atom is -0.440 e. The van der Waals surface area contributed by atoms with Crippen molar-refractivity contribution in [1.29, 1.82) is 0 Å². The van der Waals surface area contributed by atoms with Gasteiger partial charge in [-0.1, -0.05) is 0 Å². The summed E-state index contributed by atoms with van der Waals surface area (Å²) < 4.78 is 6.94. The molecule has 0 N–H and O–H groups in total. The molecule has 0 aromatic carbocycles. The van der Waals surface area contributed by atoms with Crippen molar-refractivity contribution >= 4 is 0 Å². The van der Waals surface area contributed by atoms with Gasteiger partial charge in [-0.3, -0.25) is 0 Å². The van der Waals surface area contributed by atoms with Crippen LogP contribution in [0.4, 0.5) is 0 Å². The smallest absolute Gasteiger partial charge is 0.201 e. The minimum absolute atomic E-state index is 0.676. The van der Waals surface area contributed by atoms with Gasteiger partial charge in [-0.05, 0) is 6.92 Å². The molecule has 0 spiro atoms. The minimum atomic E-state index is 0.676. The molecule has 0 aliphatic carbocycles. The molecule has 2 rings (SSSR count). The van der Waals surface area contributed by atoms with Crippen molar-refractivity contribution in [3.63, 3.8) is 0 Å². The maximum Gasteiger partial charge on any atom is 0.201 e. The van der Waals surface area contributed by atoms with Crippen LogP contribution in [0.1, 0.15) is 5.69 Å². The van der Waals surface area contributed by atoms with E-state index in [0.29, 0.717) is 11.6 Å². The van der Waals surface area contributed by atoms with Crippen LogP contribution in [0.2, 0.25) is 0 Å². The van der Waals surface area contributed by atoms with Crippen LogP contribution in [0.3, 0.4) is 0 Å². The van der Waals surface area contributed by atoms with E-state index >= 15 is 0 Å². The zero-order chi connectivity index (χ0) is 8.55. The average Bonchev–Trinajstić information content (AvgIpc) is 2.59. The Bertz CT molecular complexity index is 351. The van der Waals surface area contributed by atoms with Gasteiger partial charge in [0, 0.05) is 7.05 Å². The van der Waals surface area contributed by atoms with E-state index in [1.54, 1.807) is 10.9 Å². The highest BCUT2D eigenvalue weighted by atomic mass is 16.3. The van der Waals surface area contributed by atoms with Crippen molar-refractivity contribution < 1.29 is 4.42 Å². The standard InChI is InChI=1S/C7H8N4O/c1-5-6(12-4-8-5)7-10-9-3-11(7)2/h3-4H,1-2H3. The summed E-state index contributed by atoms with van der Waals surface area (Å²) >= 11 is 0. The molecule has 0 unspecified atom stereocenters. The number of hydrogen-bond acceptors (Lipinski definition) is 4. The molecule has 0 aliphatic rings. The van der Waals surface area contributed by atoms with Crippen LogP contribution in [0, 0.1) is 6.92 Å². The molecule has 0 aliphatic heterocycles. The summed E-state index contributed by atoms with van der Waals surface area (Å²) in [6.45, 7) is 1.87. The highest BCUT2D eigenvalue weighted by Gasteiger charge is 2.11. The van der Waals surface area contributed by atoms with E-state index in [1.807, 2.05) is 14.0 Å². The lowest BCUT2D eigenvalue weighted by Gasteiger charge is -1.94. The van der Waals surface area contributed by atoms with Crippen molar-refractivity contribution in [3.8, 4) is 11.6 Å². The molecule has 12 heavy (non-hydrogen) atoms. The topological polar surface area (TPSA) is 56.7 Å². The summed E-state index contributed by atoms with van der Waals surface area (Å²) in [5.41, 5.74) is 0.825. The van der Waals surface area contributed by atoms with Crippen molar-refractivity contribution in [3.05, 3.63) is 18.4 Å². The molecular weight excluding hydrogens is 156 g/mol. The van der Waals surface area contributed by atoms with Crippen LogP contribution in [0.25, 0.3) is 11.6 Å². The first-order chi connectivity index (χ1) is 5.79. The Balaban J connectivity index is 2.57. The van der Waals surface area contributed by atoms with Gasteiger partial charge in [-0.2, -0.15) is 0 Å². The van der Waals surface area contributed by atoms with E-state index in [4.69, 9.17) is 4.42 Å². The Hall–Kier alpha value is -1.65. The van der Waals surface area contributed by atoms with Gasteiger partial charge in [-0.25, -0.2) is 4.98 Å². The third kappa shape index (κ3) is 0.903. The lowest BCUT2D eigenvalue weighted by Crippen LogP contribution is -1.91. The molecule has 5 nitrogen and oxygen atoms in total. The summed E-state index contributed by atoms with van der Waals surface area (Å²) in [6.07, 6.45) is 3.02. The molecule has 5 heteroatoms. The third-order valence-corrected chi connectivity index (χ3v) is 1.66. The monoisotopic (exact) mass is 164 g/mol. The van der Waals surface area contributed by atoms with E-state index in [1.165, 1.54) is 6.39 Å². The maximum atomic E-state index is 5.16. The molecule has 62 valence electrons. The lowest BCUT2D eigenvalue weighted by molar-refractivity contribution is 0.563. The van der Waals surface area contributed by atoms with E-state index in [-0.39, 0.29) is 0 Å².